The van der Waals surface area contributed by atoms with Gasteiger partial charge in [-0.3, -0.25) is 9.59 Å². The Kier molecular flexibility index (Phi) is 3.93. The Morgan fingerprint density at radius 1 is 1.30 bits per heavy atom. The summed E-state index contributed by atoms with van der Waals surface area (Å²) in [6.07, 6.45) is 1.46. The highest BCUT2D eigenvalue weighted by molar-refractivity contribution is 5.90. The topological polar surface area (TPSA) is 51.1 Å². The van der Waals surface area contributed by atoms with Gasteiger partial charge in [-0.05, 0) is 25.1 Å². The van der Waals surface area contributed by atoms with E-state index in [1.807, 2.05) is 0 Å². The van der Waals surface area contributed by atoms with Crippen LogP contribution in [0.4, 0.5) is 14.5 Å². The Balaban J connectivity index is 2.15. The van der Waals surface area contributed by atoms with E-state index in [9.17, 15) is 18.4 Å². The number of benzene rings is 1. The first-order valence-corrected chi connectivity index (χ1v) is 5.88. The molecule has 0 aliphatic carbocycles. The number of nitrogens with zero attached hydrogens (tertiary/aromatic N) is 1. The summed E-state index contributed by atoms with van der Waals surface area (Å²) < 4.78 is 27.5. The maximum absolute atomic E-state index is 13.4. The number of aryl methyl sites for hydroxylation is 1. The summed E-state index contributed by atoms with van der Waals surface area (Å²) in [6.45, 7) is 1.36. The minimum absolute atomic E-state index is 0.254. The summed E-state index contributed by atoms with van der Waals surface area (Å²) in [5.41, 5.74) is -0.0599. The number of amides is 1. The number of hydrogen-bond acceptors (Lipinski definition) is 2. The third-order valence-corrected chi connectivity index (χ3v) is 2.73. The number of hydrogen-bond donors (Lipinski definition) is 1. The van der Waals surface area contributed by atoms with Crippen molar-refractivity contribution >= 4 is 11.6 Å². The molecule has 0 saturated heterocycles. The molecule has 104 valence electrons. The van der Waals surface area contributed by atoms with Crippen molar-refractivity contribution in [2.45, 2.75) is 13.5 Å². The molecule has 20 heavy (non-hydrogen) atoms. The van der Waals surface area contributed by atoms with E-state index in [2.05, 4.69) is 5.32 Å². The smallest absolute Gasteiger partial charge is 0.253 e. The second-order valence-electron chi connectivity index (χ2n) is 4.30. The van der Waals surface area contributed by atoms with E-state index in [0.717, 1.165) is 18.2 Å². The van der Waals surface area contributed by atoms with Crippen LogP contribution in [0.3, 0.4) is 0 Å². The number of pyridine rings is 1. The predicted molar refractivity (Wildman–Crippen MR) is 70.4 cm³/mol. The first-order chi connectivity index (χ1) is 9.47. The molecule has 2 aromatic rings. The number of aromatic nitrogens is 1. The van der Waals surface area contributed by atoms with Gasteiger partial charge in [-0.1, -0.05) is 6.07 Å². The van der Waals surface area contributed by atoms with Crippen LogP contribution in [0.1, 0.15) is 5.56 Å². The van der Waals surface area contributed by atoms with Gasteiger partial charge < -0.3 is 9.88 Å². The minimum atomic E-state index is -0.740. The first kappa shape index (κ1) is 13.9. The van der Waals surface area contributed by atoms with Gasteiger partial charge in [-0.15, -0.1) is 0 Å². The quantitative estimate of drug-likeness (QED) is 0.934. The highest BCUT2D eigenvalue weighted by Crippen LogP contribution is 2.15. The van der Waals surface area contributed by atoms with E-state index >= 15 is 0 Å². The number of nitrogens with one attached hydrogen (secondary N) is 1. The lowest BCUT2D eigenvalue weighted by molar-refractivity contribution is -0.116. The standard InChI is InChI=1S/C14H12F2N2O2/c1-9-3-2-6-18(14(9)20)8-13(19)17-12-7-10(15)4-5-11(12)16/h2-7H,8H2,1H3,(H,17,19). The molecule has 0 fully saturated rings. The van der Waals surface area contributed by atoms with E-state index in [-0.39, 0.29) is 17.8 Å². The molecule has 4 nitrogen and oxygen atoms in total. The summed E-state index contributed by atoms with van der Waals surface area (Å²) in [7, 11) is 0. The summed E-state index contributed by atoms with van der Waals surface area (Å²) in [5, 5.41) is 2.23. The molecule has 0 atom stereocenters. The van der Waals surface area contributed by atoms with Crippen LogP contribution in [0.25, 0.3) is 0 Å². The molecule has 0 radical (unpaired) electrons. The Morgan fingerprint density at radius 2 is 2.05 bits per heavy atom. The predicted octanol–water partition coefficient (Wildman–Crippen LogP) is 2.07. The van der Waals surface area contributed by atoms with Crippen molar-refractivity contribution in [1.29, 1.82) is 0 Å². The summed E-state index contributed by atoms with van der Waals surface area (Å²) >= 11 is 0. The largest absolute Gasteiger partial charge is 0.322 e. The summed E-state index contributed by atoms with van der Waals surface area (Å²) in [4.78, 5) is 23.5. The molecular weight excluding hydrogens is 266 g/mol. The van der Waals surface area contributed by atoms with Gasteiger partial charge in [0.1, 0.15) is 18.2 Å². The molecule has 1 aromatic heterocycles. The van der Waals surface area contributed by atoms with Gasteiger partial charge in [0.2, 0.25) is 5.91 Å². The lowest BCUT2D eigenvalue weighted by Crippen LogP contribution is -2.28. The molecule has 6 heteroatoms. The fraction of sp³-hybridized carbons (Fsp3) is 0.143. The van der Waals surface area contributed by atoms with Crippen molar-refractivity contribution in [3.8, 4) is 0 Å². The lowest BCUT2D eigenvalue weighted by Gasteiger charge is -2.08. The molecule has 0 unspecified atom stereocenters. The lowest BCUT2D eigenvalue weighted by atomic mass is 10.3. The molecule has 2 rings (SSSR count). The van der Waals surface area contributed by atoms with Crippen LogP contribution in [-0.2, 0) is 11.3 Å². The van der Waals surface area contributed by atoms with Crippen molar-refractivity contribution in [1.82, 2.24) is 4.57 Å². The van der Waals surface area contributed by atoms with Crippen molar-refractivity contribution in [2.24, 2.45) is 0 Å². The third-order valence-electron chi connectivity index (χ3n) is 2.73. The average Bonchev–Trinajstić information content (AvgIpc) is 2.39. The number of anilines is 1. The highest BCUT2D eigenvalue weighted by atomic mass is 19.1. The molecule has 0 aliphatic rings. The van der Waals surface area contributed by atoms with Gasteiger partial charge in [0.25, 0.3) is 5.56 Å². The SMILES string of the molecule is Cc1cccn(CC(=O)Nc2cc(F)ccc2F)c1=O. The van der Waals surface area contributed by atoms with E-state index in [1.165, 1.54) is 10.8 Å². The van der Waals surface area contributed by atoms with Crippen molar-refractivity contribution in [3.63, 3.8) is 0 Å². The normalized spacial score (nSPS) is 10.3. The molecule has 1 amide bonds. The van der Waals surface area contributed by atoms with E-state index in [0.29, 0.717) is 5.56 Å². The molecular formula is C14H12F2N2O2. The van der Waals surface area contributed by atoms with Gasteiger partial charge >= 0.3 is 0 Å². The number of rotatable bonds is 3. The Hall–Kier alpha value is -2.50. The van der Waals surface area contributed by atoms with Gasteiger partial charge in [0.15, 0.2) is 0 Å². The minimum Gasteiger partial charge on any atom is -0.322 e. The first-order valence-electron chi connectivity index (χ1n) is 5.88. The van der Waals surface area contributed by atoms with Crippen LogP contribution in [0, 0.1) is 18.6 Å². The Morgan fingerprint density at radius 3 is 2.80 bits per heavy atom. The van der Waals surface area contributed by atoms with E-state index in [1.54, 1.807) is 19.1 Å². The second-order valence-corrected chi connectivity index (χ2v) is 4.30. The summed E-state index contributed by atoms with van der Waals surface area (Å²) in [6, 6.07) is 6.02. The zero-order chi connectivity index (χ0) is 14.7. The van der Waals surface area contributed by atoms with Crippen LogP contribution in [-0.4, -0.2) is 10.5 Å². The molecule has 1 heterocycles. The molecule has 0 spiro atoms. The van der Waals surface area contributed by atoms with Crippen LogP contribution in [0.15, 0.2) is 41.3 Å². The zero-order valence-electron chi connectivity index (χ0n) is 10.7. The maximum Gasteiger partial charge on any atom is 0.253 e. The molecule has 1 aromatic carbocycles. The van der Waals surface area contributed by atoms with E-state index in [4.69, 9.17) is 0 Å². The van der Waals surface area contributed by atoms with Gasteiger partial charge in [-0.2, -0.15) is 0 Å². The number of carbonyl (C=O) groups excluding carboxylic acids is 1. The zero-order valence-corrected chi connectivity index (χ0v) is 10.7. The van der Waals surface area contributed by atoms with Crippen molar-refractivity contribution in [3.05, 3.63) is 64.1 Å². The highest BCUT2D eigenvalue weighted by Gasteiger charge is 2.10. The third kappa shape index (κ3) is 3.09. The fourth-order valence-electron chi connectivity index (χ4n) is 1.72. The molecule has 1 N–H and O–H groups in total. The number of halogens is 2. The van der Waals surface area contributed by atoms with Crippen LogP contribution < -0.4 is 10.9 Å². The van der Waals surface area contributed by atoms with Gasteiger partial charge in [0, 0.05) is 17.8 Å². The van der Waals surface area contributed by atoms with Crippen molar-refractivity contribution in [2.75, 3.05) is 5.32 Å². The molecule has 0 aliphatic heterocycles. The second kappa shape index (κ2) is 5.64. The maximum atomic E-state index is 13.4. The van der Waals surface area contributed by atoms with Gasteiger partial charge in [-0.25, -0.2) is 8.78 Å². The van der Waals surface area contributed by atoms with Crippen molar-refractivity contribution < 1.29 is 13.6 Å². The van der Waals surface area contributed by atoms with Crippen LogP contribution in [0.5, 0.6) is 0 Å². The number of carbonyl (C=O) groups is 1. The summed E-state index contributed by atoms with van der Waals surface area (Å²) in [5.74, 6) is -2.01. The average molecular weight is 278 g/mol. The molecule has 0 bridgehead atoms. The van der Waals surface area contributed by atoms with Crippen LogP contribution in [0.2, 0.25) is 0 Å². The molecule has 0 saturated carbocycles. The fourth-order valence-corrected chi connectivity index (χ4v) is 1.72. The Labute approximate surface area is 113 Å². The Bertz CT molecular complexity index is 711. The monoisotopic (exact) mass is 278 g/mol. The van der Waals surface area contributed by atoms with E-state index < -0.39 is 17.5 Å². The van der Waals surface area contributed by atoms with Gasteiger partial charge in [0.05, 0.1) is 5.69 Å². The van der Waals surface area contributed by atoms with Crippen LogP contribution >= 0.6 is 0 Å².